The van der Waals surface area contributed by atoms with E-state index in [1.54, 1.807) is 48.6 Å². The molecule has 1 unspecified atom stereocenters. The molecule has 2 aromatic carbocycles. The van der Waals surface area contributed by atoms with Gasteiger partial charge in [0.15, 0.2) is 0 Å². The van der Waals surface area contributed by atoms with Crippen molar-refractivity contribution in [2.24, 2.45) is 0 Å². The Hall–Kier alpha value is -2.70. The Kier molecular flexibility index (Phi) is 3.82. The van der Waals surface area contributed by atoms with Crippen LogP contribution >= 0.6 is 0 Å². The van der Waals surface area contributed by atoms with Crippen LogP contribution in [0.1, 0.15) is 28.8 Å². The topological polar surface area (TPSA) is 74.7 Å². The molecule has 1 heterocycles. The molecule has 2 aliphatic rings. The Labute approximate surface area is 151 Å². The first-order valence-electron chi connectivity index (χ1n) is 8.31. The van der Waals surface area contributed by atoms with Crippen molar-refractivity contribution in [2.45, 2.75) is 23.5 Å². The number of hydrogen-bond acceptors (Lipinski definition) is 4. The van der Waals surface area contributed by atoms with Crippen molar-refractivity contribution < 1.29 is 18.3 Å². The van der Waals surface area contributed by atoms with Gasteiger partial charge in [0.05, 0.1) is 4.90 Å². The molecule has 0 bridgehead atoms. The minimum atomic E-state index is -4.25. The molecule has 1 aliphatic heterocycles. The zero-order chi connectivity index (χ0) is 18.4. The second-order valence-electron chi connectivity index (χ2n) is 6.24. The van der Waals surface area contributed by atoms with Crippen LogP contribution in [0.15, 0.2) is 83.3 Å². The van der Waals surface area contributed by atoms with Gasteiger partial charge in [0, 0.05) is 16.7 Å². The number of allylic oxidation sites excluding steroid dienone is 2. The number of rotatable bonds is 3. The lowest BCUT2D eigenvalue weighted by atomic mass is 9.91. The quantitative estimate of drug-likeness (QED) is 0.905. The standard InChI is InChI=1S/C20H17NO4S/c22-19-17-13-7-8-14-18(17)20(23,15-9-3-1-4-10-15)21(19)26(24,25)16-11-5-2-6-12-16/h2-3,5-14,23H,1,4H2. The third-order valence-electron chi connectivity index (χ3n) is 4.69. The molecular weight excluding hydrogens is 350 g/mol. The Balaban J connectivity index is 1.98. The molecule has 5 nitrogen and oxygen atoms in total. The molecule has 4 rings (SSSR count). The van der Waals surface area contributed by atoms with Crippen LogP contribution in [0.25, 0.3) is 0 Å². The number of carbonyl (C=O) groups excluding carboxylic acids is 1. The molecule has 6 heteroatoms. The molecule has 1 N–H and O–H groups in total. The summed E-state index contributed by atoms with van der Waals surface area (Å²) in [5.41, 5.74) is -1.20. The minimum absolute atomic E-state index is 0.0417. The average molecular weight is 367 g/mol. The molecule has 26 heavy (non-hydrogen) atoms. The Bertz CT molecular complexity index is 1040. The summed E-state index contributed by atoms with van der Waals surface area (Å²) >= 11 is 0. The third kappa shape index (κ3) is 2.26. The van der Waals surface area contributed by atoms with Crippen LogP contribution in [0.5, 0.6) is 0 Å². The Morgan fingerprint density at radius 1 is 0.962 bits per heavy atom. The van der Waals surface area contributed by atoms with E-state index in [-0.39, 0.29) is 16.0 Å². The lowest BCUT2D eigenvalue weighted by Crippen LogP contribution is -2.48. The first-order chi connectivity index (χ1) is 12.5. The summed E-state index contributed by atoms with van der Waals surface area (Å²) in [5.74, 6) is -0.730. The maximum Gasteiger partial charge on any atom is 0.271 e. The van der Waals surface area contributed by atoms with Crippen molar-refractivity contribution in [1.29, 1.82) is 0 Å². The van der Waals surface area contributed by atoms with Crippen molar-refractivity contribution >= 4 is 15.9 Å². The van der Waals surface area contributed by atoms with Crippen LogP contribution in [0.4, 0.5) is 0 Å². The fraction of sp³-hybridized carbons (Fsp3) is 0.150. The molecule has 1 atom stereocenters. The minimum Gasteiger partial charge on any atom is -0.362 e. The van der Waals surface area contributed by atoms with Gasteiger partial charge in [0.25, 0.3) is 15.9 Å². The molecule has 0 saturated heterocycles. The highest BCUT2D eigenvalue weighted by atomic mass is 32.2. The Morgan fingerprint density at radius 2 is 1.65 bits per heavy atom. The largest absolute Gasteiger partial charge is 0.362 e. The van der Waals surface area contributed by atoms with Crippen LogP contribution in [0, 0.1) is 0 Å². The van der Waals surface area contributed by atoms with Crippen molar-refractivity contribution in [2.75, 3.05) is 0 Å². The summed E-state index contributed by atoms with van der Waals surface area (Å²) in [6.45, 7) is 0. The maximum absolute atomic E-state index is 13.3. The lowest BCUT2D eigenvalue weighted by molar-refractivity contribution is -0.00816. The van der Waals surface area contributed by atoms with E-state index in [4.69, 9.17) is 0 Å². The Morgan fingerprint density at radius 3 is 2.35 bits per heavy atom. The van der Waals surface area contributed by atoms with Crippen LogP contribution < -0.4 is 0 Å². The zero-order valence-corrected chi connectivity index (χ0v) is 14.7. The molecule has 1 aliphatic carbocycles. The summed E-state index contributed by atoms with van der Waals surface area (Å²) in [6, 6.07) is 14.2. The van der Waals surface area contributed by atoms with Gasteiger partial charge in [-0.25, -0.2) is 8.42 Å². The highest BCUT2D eigenvalue weighted by Gasteiger charge is 2.56. The molecule has 1 amide bonds. The van der Waals surface area contributed by atoms with E-state index in [2.05, 4.69) is 0 Å². The first kappa shape index (κ1) is 16.8. The summed E-state index contributed by atoms with van der Waals surface area (Å²) in [4.78, 5) is 13.0. The fourth-order valence-corrected chi connectivity index (χ4v) is 5.05. The van der Waals surface area contributed by atoms with E-state index in [9.17, 15) is 18.3 Å². The number of amides is 1. The molecule has 0 saturated carbocycles. The van der Waals surface area contributed by atoms with Crippen LogP contribution in [-0.2, 0) is 15.7 Å². The van der Waals surface area contributed by atoms with Gasteiger partial charge < -0.3 is 5.11 Å². The summed E-state index contributed by atoms with van der Waals surface area (Å²) in [7, 11) is -4.25. The average Bonchev–Trinajstić information content (AvgIpc) is 2.92. The molecule has 132 valence electrons. The number of hydrogen-bond donors (Lipinski definition) is 1. The van der Waals surface area contributed by atoms with E-state index >= 15 is 0 Å². The van der Waals surface area contributed by atoms with E-state index in [1.165, 1.54) is 18.2 Å². The van der Waals surface area contributed by atoms with Gasteiger partial charge in [-0.2, -0.15) is 4.31 Å². The fourth-order valence-electron chi connectivity index (χ4n) is 3.46. The second kappa shape index (κ2) is 5.93. The number of benzene rings is 2. The summed E-state index contributed by atoms with van der Waals surface area (Å²) in [5, 5.41) is 11.6. The highest BCUT2D eigenvalue weighted by molar-refractivity contribution is 7.89. The van der Waals surface area contributed by atoms with Crippen LogP contribution in [0.2, 0.25) is 0 Å². The number of carbonyl (C=O) groups is 1. The number of fused-ring (bicyclic) bond motifs is 1. The van der Waals surface area contributed by atoms with Crippen molar-refractivity contribution in [3.63, 3.8) is 0 Å². The third-order valence-corrected chi connectivity index (χ3v) is 6.47. The van der Waals surface area contributed by atoms with Crippen LogP contribution in [0.3, 0.4) is 0 Å². The van der Waals surface area contributed by atoms with Crippen molar-refractivity contribution in [1.82, 2.24) is 4.31 Å². The predicted octanol–water partition coefficient (Wildman–Crippen LogP) is 2.95. The van der Waals surface area contributed by atoms with E-state index in [0.717, 1.165) is 6.42 Å². The second-order valence-corrected chi connectivity index (χ2v) is 8.03. The molecule has 0 fully saturated rings. The monoisotopic (exact) mass is 367 g/mol. The maximum atomic E-state index is 13.3. The number of aliphatic hydroxyl groups is 1. The normalized spacial score (nSPS) is 22.3. The van der Waals surface area contributed by atoms with Crippen LogP contribution in [-0.4, -0.2) is 23.7 Å². The van der Waals surface area contributed by atoms with Gasteiger partial charge in [-0.3, -0.25) is 4.79 Å². The van der Waals surface area contributed by atoms with Crippen molar-refractivity contribution in [3.8, 4) is 0 Å². The highest BCUT2D eigenvalue weighted by Crippen LogP contribution is 2.46. The molecule has 2 aromatic rings. The smallest absolute Gasteiger partial charge is 0.271 e. The first-order valence-corrected chi connectivity index (χ1v) is 9.75. The molecule has 0 spiro atoms. The SMILES string of the molecule is O=C1c2ccccc2C(O)(C2=CCCC=C2)N1S(=O)(=O)c1ccccc1. The van der Waals surface area contributed by atoms with E-state index < -0.39 is 21.7 Å². The van der Waals surface area contributed by atoms with Gasteiger partial charge >= 0.3 is 0 Å². The molecular formula is C20H17NO4S. The van der Waals surface area contributed by atoms with Crippen molar-refractivity contribution in [3.05, 3.63) is 89.5 Å². The molecule has 0 aromatic heterocycles. The zero-order valence-electron chi connectivity index (χ0n) is 13.9. The predicted molar refractivity (Wildman–Crippen MR) is 96.6 cm³/mol. The van der Waals surface area contributed by atoms with Gasteiger partial charge in [-0.05, 0) is 31.0 Å². The summed E-state index contributed by atoms with van der Waals surface area (Å²) < 4.78 is 27.1. The number of nitrogens with zero attached hydrogens (tertiary/aromatic N) is 1. The van der Waals surface area contributed by atoms with Gasteiger partial charge in [-0.15, -0.1) is 0 Å². The number of sulfonamides is 1. The van der Waals surface area contributed by atoms with E-state index in [1.807, 2.05) is 6.08 Å². The van der Waals surface area contributed by atoms with Gasteiger partial charge in [-0.1, -0.05) is 54.6 Å². The summed E-state index contributed by atoms with van der Waals surface area (Å²) in [6.07, 6.45) is 6.81. The van der Waals surface area contributed by atoms with E-state index in [0.29, 0.717) is 16.3 Å². The van der Waals surface area contributed by atoms with Gasteiger partial charge in [0.2, 0.25) is 5.72 Å². The van der Waals surface area contributed by atoms with Gasteiger partial charge in [0.1, 0.15) is 0 Å². The lowest BCUT2D eigenvalue weighted by Gasteiger charge is -2.35. The molecule has 0 radical (unpaired) electrons.